The molecule has 6 nitrogen and oxygen atoms in total. The monoisotopic (exact) mass is 269 g/mol. The Morgan fingerprint density at radius 3 is 2.58 bits per heavy atom. The van der Waals surface area contributed by atoms with Gasteiger partial charge in [0.15, 0.2) is 0 Å². The summed E-state index contributed by atoms with van der Waals surface area (Å²) < 4.78 is 10.1. The van der Waals surface area contributed by atoms with Crippen molar-refractivity contribution < 1.29 is 23.9 Å². The molecule has 0 aromatic heterocycles. The van der Waals surface area contributed by atoms with E-state index in [0.717, 1.165) is 5.71 Å². The Bertz CT molecular complexity index is 419. The van der Waals surface area contributed by atoms with Crippen LogP contribution in [0.25, 0.3) is 0 Å². The first-order chi connectivity index (χ1) is 9.05. The van der Waals surface area contributed by atoms with Crippen LogP contribution < -0.4 is 0 Å². The average Bonchev–Trinajstić information content (AvgIpc) is 3.08. The maximum absolute atomic E-state index is 12.1. The molecule has 2 aliphatic rings. The molecule has 1 fully saturated rings. The van der Waals surface area contributed by atoms with Gasteiger partial charge in [0.05, 0.1) is 24.8 Å². The van der Waals surface area contributed by atoms with Crippen molar-refractivity contribution in [3.63, 3.8) is 0 Å². The quantitative estimate of drug-likeness (QED) is 0.703. The third-order valence-corrected chi connectivity index (χ3v) is 3.48. The first-order valence-corrected chi connectivity index (χ1v) is 6.60. The number of rotatable bonds is 5. The molecule has 3 unspecified atom stereocenters. The van der Waals surface area contributed by atoms with Gasteiger partial charge in [0.1, 0.15) is 0 Å². The predicted molar refractivity (Wildman–Crippen MR) is 66.4 cm³/mol. The summed E-state index contributed by atoms with van der Waals surface area (Å²) in [6.07, 6.45) is 0.965. The van der Waals surface area contributed by atoms with Crippen LogP contribution in [-0.4, -0.2) is 36.5 Å². The molecule has 2 rings (SSSR count). The van der Waals surface area contributed by atoms with Gasteiger partial charge in [-0.05, 0) is 27.2 Å². The maximum atomic E-state index is 12.1. The van der Waals surface area contributed by atoms with Crippen molar-refractivity contribution in [2.75, 3.05) is 13.2 Å². The van der Waals surface area contributed by atoms with Crippen LogP contribution in [0.1, 0.15) is 33.6 Å². The lowest BCUT2D eigenvalue weighted by Gasteiger charge is -2.24. The number of hydrogen-bond donors (Lipinski definition) is 0. The molecule has 0 aromatic rings. The van der Waals surface area contributed by atoms with Crippen LogP contribution in [0, 0.1) is 11.8 Å². The number of carbonyl (C=O) groups is 2. The second-order valence-electron chi connectivity index (χ2n) is 4.91. The zero-order chi connectivity index (χ0) is 14.0. The summed E-state index contributed by atoms with van der Waals surface area (Å²) in [7, 11) is 0. The molecular weight excluding hydrogens is 250 g/mol. The van der Waals surface area contributed by atoms with Crippen LogP contribution in [0.15, 0.2) is 5.16 Å². The Morgan fingerprint density at radius 2 is 2.05 bits per heavy atom. The average molecular weight is 269 g/mol. The highest BCUT2D eigenvalue weighted by molar-refractivity contribution is 5.94. The molecular formula is C13H19NO5. The lowest BCUT2D eigenvalue weighted by molar-refractivity contribution is -0.173. The molecule has 0 aromatic carbocycles. The topological polar surface area (TPSA) is 74.2 Å². The predicted octanol–water partition coefficient (Wildman–Crippen LogP) is 1.28. The van der Waals surface area contributed by atoms with Crippen LogP contribution in [0.5, 0.6) is 0 Å². The van der Waals surface area contributed by atoms with Gasteiger partial charge in [-0.15, -0.1) is 0 Å². The Hall–Kier alpha value is -1.59. The van der Waals surface area contributed by atoms with Crippen molar-refractivity contribution in [2.24, 2.45) is 17.0 Å². The van der Waals surface area contributed by atoms with Gasteiger partial charge >= 0.3 is 11.9 Å². The van der Waals surface area contributed by atoms with E-state index in [-0.39, 0.29) is 24.4 Å². The summed E-state index contributed by atoms with van der Waals surface area (Å²) in [6, 6.07) is 0. The maximum Gasteiger partial charge on any atom is 0.354 e. The fourth-order valence-electron chi connectivity index (χ4n) is 2.54. The molecule has 0 N–H and O–H groups in total. The van der Waals surface area contributed by atoms with E-state index in [4.69, 9.17) is 14.3 Å². The Kier molecular flexibility index (Phi) is 3.78. The molecule has 1 heterocycles. The highest BCUT2D eigenvalue weighted by Gasteiger charge is 2.65. The molecule has 6 heteroatoms. The second-order valence-corrected chi connectivity index (χ2v) is 4.91. The largest absolute Gasteiger partial charge is 0.466 e. The molecule has 1 aliphatic carbocycles. The van der Waals surface area contributed by atoms with E-state index in [1.165, 1.54) is 0 Å². The zero-order valence-corrected chi connectivity index (χ0v) is 11.5. The summed E-state index contributed by atoms with van der Waals surface area (Å²) >= 11 is 0. The smallest absolute Gasteiger partial charge is 0.354 e. The fraction of sp³-hybridized carbons (Fsp3) is 0.769. The molecule has 0 saturated heterocycles. The number of esters is 2. The number of oxime groups is 1. The van der Waals surface area contributed by atoms with Gasteiger partial charge in [-0.2, -0.15) is 0 Å². The van der Waals surface area contributed by atoms with E-state index in [9.17, 15) is 9.59 Å². The number of ether oxygens (including phenoxy) is 2. The molecule has 19 heavy (non-hydrogen) atoms. The molecule has 0 amide bonds. The van der Waals surface area contributed by atoms with Crippen molar-refractivity contribution in [2.45, 2.75) is 39.2 Å². The third-order valence-electron chi connectivity index (χ3n) is 3.48. The summed E-state index contributed by atoms with van der Waals surface area (Å²) in [5.74, 6) is -1.20. The Balaban J connectivity index is 2.09. The fourth-order valence-corrected chi connectivity index (χ4v) is 2.54. The van der Waals surface area contributed by atoms with E-state index < -0.39 is 11.6 Å². The normalized spacial score (nSPS) is 32.3. The van der Waals surface area contributed by atoms with Crippen molar-refractivity contribution >= 4 is 17.7 Å². The molecule has 0 spiro atoms. The summed E-state index contributed by atoms with van der Waals surface area (Å²) in [5, 5.41) is 3.86. The van der Waals surface area contributed by atoms with Crippen LogP contribution in [-0.2, 0) is 23.9 Å². The number of carbonyl (C=O) groups excluding carboxylic acids is 2. The summed E-state index contributed by atoms with van der Waals surface area (Å²) in [4.78, 5) is 29.2. The van der Waals surface area contributed by atoms with Crippen LogP contribution >= 0.6 is 0 Å². The van der Waals surface area contributed by atoms with Crippen LogP contribution in [0.4, 0.5) is 0 Å². The number of hydrogen-bond acceptors (Lipinski definition) is 6. The zero-order valence-electron chi connectivity index (χ0n) is 11.5. The summed E-state index contributed by atoms with van der Waals surface area (Å²) in [5.41, 5.74) is -0.389. The molecule has 0 radical (unpaired) electrons. The molecule has 1 saturated carbocycles. The van der Waals surface area contributed by atoms with Gasteiger partial charge in [-0.3, -0.25) is 4.79 Å². The summed E-state index contributed by atoms with van der Waals surface area (Å²) in [6.45, 7) is 5.91. The van der Waals surface area contributed by atoms with E-state index in [2.05, 4.69) is 5.16 Å². The van der Waals surface area contributed by atoms with Gasteiger partial charge < -0.3 is 14.3 Å². The minimum Gasteiger partial charge on any atom is -0.466 e. The standard InChI is InChI=1S/C13H19NO5/c1-4-17-11(15)9-6-10(9)13(12(16)18-5-2)7-8(3)14-19-13/h9-10H,4-7H2,1-3H3. The van der Waals surface area contributed by atoms with Gasteiger partial charge in [0, 0.05) is 12.3 Å². The van der Waals surface area contributed by atoms with Crippen molar-refractivity contribution in [1.29, 1.82) is 0 Å². The van der Waals surface area contributed by atoms with Gasteiger partial charge in [-0.1, -0.05) is 5.16 Å². The minimum absolute atomic E-state index is 0.202. The molecule has 3 atom stereocenters. The second kappa shape index (κ2) is 5.19. The van der Waals surface area contributed by atoms with E-state index >= 15 is 0 Å². The van der Waals surface area contributed by atoms with E-state index in [1.54, 1.807) is 20.8 Å². The lowest BCUT2D eigenvalue weighted by atomic mass is 9.91. The van der Waals surface area contributed by atoms with Gasteiger partial charge in [-0.25, -0.2) is 4.79 Å². The van der Waals surface area contributed by atoms with Crippen LogP contribution in [0.3, 0.4) is 0 Å². The highest BCUT2D eigenvalue weighted by atomic mass is 16.7. The highest BCUT2D eigenvalue weighted by Crippen LogP contribution is 2.52. The van der Waals surface area contributed by atoms with Crippen LogP contribution in [0.2, 0.25) is 0 Å². The molecule has 0 bridgehead atoms. The minimum atomic E-state index is -1.13. The first-order valence-electron chi connectivity index (χ1n) is 6.60. The van der Waals surface area contributed by atoms with Crippen molar-refractivity contribution in [3.8, 4) is 0 Å². The SMILES string of the molecule is CCOC(=O)C1CC1C1(C(=O)OCC)CC(C)=NO1. The van der Waals surface area contributed by atoms with Crippen molar-refractivity contribution in [3.05, 3.63) is 0 Å². The van der Waals surface area contributed by atoms with E-state index in [0.29, 0.717) is 19.4 Å². The van der Waals surface area contributed by atoms with E-state index in [1.807, 2.05) is 0 Å². The van der Waals surface area contributed by atoms with Gasteiger partial charge in [0.25, 0.3) is 0 Å². The molecule has 1 aliphatic heterocycles. The lowest BCUT2D eigenvalue weighted by Crippen LogP contribution is -2.43. The van der Waals surface area contributed by atoms with Crippen molar-refractivity contribution in [1.82, 2.24) is 0 Å². The Labute approximate surface area is 112 Å². The van der Waals surface area contributed by atoms with Gasteiger partial charge in [0.2, 0.25) is 5.60 Å². The third kappa shape index (κ3) is 2.43. The molecule has 106 valence electrons. The Morgan fingerprint density at radius 1 is 1.37 bits per heavy atom. The first kappa shape index (κ1) is 13.8. The number of nitrogens with zero attached hydrogens (tertiary/aromatic N) is 1.